The molecule has 1 amide bonds. The first kappa shape index (κ1) is 21.0. The average Bonchev–Trinajstić information content (AvgIpc) is 2.67. The molecule has 0 saturated heterocycles. The molecule has 148 valence electrons. The zero-order valence-corrected chi connectivity index (χ0v) is 15.9. The van der Waals surface area contributed by atoms with Gasteiger partial charge in [-0.1, -0.05) is 18.2 Å². The number of rotatable bonds is 9. The number of amides is 1. The molecule has 2 aromatic rings. The van der Waals surface area contributed by atoms with Crippen molar-refractivity contribution < 1.29 is 29.0 Å². The van der Waals surface area contributed by atoms with Crippen LogP contribution in [0.4, 0.5) is 5.69 Å². The third kappa shape index (κ3) is 6.12. The van der Waals surface area contributed by atoms with Crippen LogP contribution in [0.3, 0.4) is 0 Å². The van der Waals surface area contributed by atoms with Gasteiger partial charge in [-0.25, -0.2) is 0 Å². The number of hydrogen-bond acceptors (Lipinski definition) is 6. The predicted molar refractivity (Wildman–Crippen MR) is 104 cm³/mol. The SMILES string of the molecule is CCOc1ccccc1CCC(=O)OCC(=O)c1ccc(O)c(NC(C)=O)c1. The highest BCUT2D eigenvalue weighted by Crippen LogP contribution is 2.24. The Morgan fingerprint density at radius 2 is 1.86 bits per heavy atom. The summed E-state index contributed by atoms with van der Waals surface area (Å²) >= 11 is 0. The molecule has 0 bridgehead atoms. The van der Waals surface area contributed by atoms with Crippen LogP contribution in [0.5, 0.6) is 11.5 Å². The van der Waals surface area contributed by atoms with Crippen molar-refractivity contribution >= 4 is 23.3 Å². The summed E-state index contributed by atoms with van der Waals surface area (Å²) in [4.78, 5) is 35.3. The number of aryl methyl sites for hydroxylation is 1. The zero-order chi connectivity index (χ0) is 20.5. The van der Waals surface area contributed by atoms with E-state index in [0.29, 0.717) is 13.0 Å². The molecule has 2 rings (SSSR count). The van der Waals surface area contributed by atoms with Crippen LogP contribution in [0.15, 0.2) is 42.5 Å². The first-order chi connectivity index (χ1) is 13.4. The lowest BCUT2D eigenvalue weighted by Gasteiger charge is -2.10. The fraction of sp³-hybridized carbons (Fsp3) is 0.286. The Labute approximate surface area is 163 Å². The summed E-state index contributed by atoms with van der Waals surface area (Å²) in [6, 6.07) is 11.5. The van der Waals surface area contributed by atoms with Crippen LogP contribution in [0, 0.1) is 0 Å². The zero-order valence-electron chi connectivity index (χ0n) is 15.9. The van der Waals surface area contributed by atoms with Crippen LogP contribution < -0.4 is 10.1 Å². The first-order valence-electron chi connectivity index (χ1n) is 8.90. The number of phenolic OH excluding ortho intramolecular Hbond substituents is 1. The number of Topliss-reactive ketones (excluding diaryl/α,β-unsaturated/α-hetero) is 1. The Bertz CT molecular complexity index is 862. The molecule has 0 atom stereocenters. The quantitative estimate of drug-likeness (QED) is 0.391. The van der Waals surface area contributed by atoms with Crippen molar-refractivity contribution in [3.05, 3.63) is 53.6 Å². The van der Waals surface area contributed by atoms with Crippen molar-refractivity contribution in [2.75, 3.05) is 18.5 Å². The maximum Gasteiger partial charge on any atom is 0.306 e. The molecule has 0 aliphatic rings. The number of esters is 1. The number of phenols is 1. The standard InChI is InChI=1S/C21H23NO6/c1-3-27-20-7-5-4-6-15(20)9-11-21(26)28-13-19(25)16-8-10-18(24)17(12-16)22-14(2)23/h4-8,10,12,24H,3,9,11,13H2,1-2H3,(H,22,23). The highest BCUT2D eigenvalue weighted by atomic mass is 16.5. The highest BCUT2D eigenvalue weighted by Gasteiger charge is 2.14. The van der Waals surface area contributed by atoms with Crippen LogP contribution in [0.25, 0.3) is 0 Å². The van der Waals surface area contributed by atoms with E-state index in [4.69, 9.17) is 9.47 Å². The summed E-state index contributed by atoms with van der Waals surface area (Å²) in [6.07, 6.45) is 0.555. The molecule has 0 aliphatic heterocycles. The van der Waals surface area contributed by atoms with E-state index in [1.807, 2.05) is 31.2 Å². The van der Waals surface area contributed by atoms with Crippen molar-refractivity contribution in [1.29, 1.82) is 0 Å². The Morgan fingerprint density at radius 3 is 2.57 bits per heavy atom. The molecule has 0 unspecified atom stereocenters. The number of carbonyl (C=O) groups is 3. The minimum atomic E-state index is -0.500. The van der Waals surface area contributed by atoms with Crippen LogP contribution in [0.1, 0.15) is 36.2 Å². The largest absolute Gasteiger partial charge is 0.506 e. The van der Waals surface area contributed by atoms with Gasteiger partial charge in [-0.3, -0.25) is 14.4 Å². The van der Waals surface area contributed by atoms with Crippen LogP contribution in [-0.2, 0) is 20.7 Å². The number of ether oxygens (including phenoxy) is 2. The number of nitrogens with one attached hydrogen (secondary N) is 1. The van der Waals surface area contributed by atoms with E-state index < -0.39 is 18.4 Å². The molecule has 2 aromatic carbocycles. The van der Waals surface area contributed by atoms with Gasteiger partial charge in [0, 0.05) is 18.9 Å². The van der Waals surface area contributed by atoms with E-state index in [1.54, 1.807) is 0 Å². The summed E-state index contributed by atoms with van der Waals surface area (Å²) in [6.45, 7) is 3.29. The van der Waals surface area contributed by atoms with Gasteiger partial charge < -0.3 is 19.9 Å². The van der Waals surface area contributed by atoms with Crippen LogP contribution in [0.2, 0.25) is 0 Å². The third-order valence-corrected chi connectivity index (χ3v) is 3.86. The molecule has 7 nitrogen and oxygen atoms in total. The smallest absolute Gasteiger partial charge is 0.306 e. The van der Waals surface area contributed by atoms with Gasteiger partial charge in [0.25, 0.3) is 0 Å². The van der Waals surface area contributed by atoms with Crippen molar-refractivity contribution in [2.45, 2.75) is 26.7 Å². The second-order valence-corrected chi connectivity index (χ2v) is 6.04. The molecule has 0 heterocycles. The summed E-state index contributed by atoms with van der Waals surface area (Å²) in [5.74, 6) is -0.742. The molecular formula is C21H23NO6. The number of carbonyl (C=O) groups excluding carboxylic acids is 3. The first-order valence-corrected chi connectivity index (χ1v) is 8.90. The van der Waals surface area contributed by atoms with Crippen molar-refractivity contribution in [2.24, 2.45) is 0 Å². The maximum absolute atomic E-state index is 12.2. The van der Waals surface area contributed by atoms with E-state index in [1.165, 1.54) is 25.1 Å². The van der Waals surface area contributed by atoms with E-state index in [0.717, 1.165) is 11.3 Å². The Balaban J connectivity index is 1.89. The van der Waals surface area contributed by atoms with Gasteiger partial charge in [-0.2, -0.15) is 0 Å². The van der Waals surface area contributed by atoms with Crippen molar-refractivity contribution in [3.63, 3.8) is 0 Å². The van der Waals surface area contributed by atoms with Gasteiger partial charge >= 0.3 is 5.97 Å². The normalized spacial score (nSPS) is 10.2. The van der Waals surface area contributed by atoms with E-state index in [9.17, 15) is 19.5 Å². The molecule has 0 radical (unpaired) electrons. The monoisotopic (exact) mass is 385 g/mol. The average molecular weight is 385 g/mol. The second kappa shape index (κ2) is 10.1. The lowest BCUT2D eigenvalue weighted by Crippen LogP contribution is -2.15. The topological polar surface area (TPSA) is 102 Å². The molecule has 2 N–H and O–H groups in total. The van der Waals surface area contributed by atoms with Gasteiger partial charge in [0.1, 0.15) is 11.5 Å². The number of benzene rings is 2. The number of anilines is 1. The summed E-state index contributed by atoms with van der Waals surface area (Å²) in [5, 5.41) is 12.1. The van der Waals surface area contributed by atoms with E-state index >= 15 is 0 Å². The van der Waals surface area contributed by atoms with E-state index in [2.05, 4.69) is 5.32 Å². The maximum atomic E-state index is 12.2. The highest BCUT2D eigenvalue weighted by molar-refractivity contribution is 6.00. The molecule has 7 heteroatoms. The Kier molecular flexibility index (Phi) is 7.56. The summed E-state index contributed by atoms with van der Waals surface area (Å²) in [7, 11) is 0. The Morgan fingerprint density at radius 1 is 1.11 bits per heavy atom. The van der Waals surface area contributed by atoms with Crippen LogP contribution in [-0.4, -0.2) is 36.0 Å². The number of ketones is 1. The van der Waals surface area contributed by atoms with Gasteiger partial charge in [-0.15, -0.1) is 0 Å². The number of aromatic hydroxyl groups is 1. The fourth-order valence-electron chi connectivity index (χ4n) is 2.54. The third-order valence-electron chi connectivity index (χ3n) is 3.86. The molecule has 28 heavy (non-hydrogen) atoms. The minimum absolute atomic E-state index is 0.115. The lowest BCUT2D eigenvalue weighted by atomic mass is 10.1. The fourth-order valence-corrected chi connectivity index (χ4v) is 2.54. The second-order valence-electron chi connectivity index (χ2n) is 6.04. The Hall–Kier alpha value is -3.35. The van der Waals surface area contributed by atoms with Crippen LogP contribution >= 0.6 is 0 Å². The molecule has 0 aromatic heterocycles. The predicted octanol–water partition coefficient (Wildman–Crippen LogP) is 3.11. The van der Waals surface area contributed by atoms with Gasteiger partial charge in [0.2, 0.25) is 5.91 Å². The molecular weight excluding hydrogens is 362 g/mol. The van der Waals surface area contributed by atoms with Gasteiger partial charge in [0.15, 0.2) is 12.4 Å². The minimum Gasteiger partial charge on any atom is -0.506 e. The van der Waals surface area contributed by atoms with Crippen molar-refractivity contribution in [3.8, 4) is 11.5 Å². The lowest BCUT2D eigenvalue weighted by molar-refractivity contribution is -0.142. The number of para-hydroxylation sites is 1. The molecule has 0 aliphatic carbocycles. The number of hydrogen-bond donors (Lipinski definition) is 2. The van der Waals surface area contributed by atoms with Gasteiger partial charge in [-0.05, 0) is 43.2 Å². The van der Waals surface area contributed by atoms with E-state index in [-0.39, 0.29) is 29.3 Å². The molecule has 0 spiro atoms. The van der Waals surface area contributed by atoms with Crippen molar-refractivity contribution in [1.82, 2.24) is 0 Å². The summed E-state index contributed by atoms with van der Waals surface area (Å²) < 4.78 is 10.6. The molecule has 0 fully saturated rings. The van der Waals surface area contributed by atoms with Gasteiger partial charge in [0.05, 0.1) is 12.3 Å². The molecule has 0 saturated carbocycles. The summed E-state index contributed by atoms with van der Waals surface area (Å²) in [5.41, 5.74) is 1.24.